The first-order chi connectivity index (χ1) is 11.4. The zero-order chi connectivity index (χ0) is 17.4. The van der Waals surface area contributed by atoms with Crippen molar-refractivity contribution in [2.24, 2.45) is 0 Å². The van der Waals surface area contributed by atoms with Crippen molar-refractivity contribution in [1.29, 1.82) is 0 Å². The van der Waals surface area contributed by atoms with Crippen molar-refractivity contribution >= 4 is 17.6 Å². The van der Waals surface area contributed by atoms with Gasteiger partial charge in [-0.3, -0.25) is 9.59 Å². The average Bonchev–Trinajstić information content (AvgIpc) is 2.90. The number of anilines is 1. The lowest BCUT2D eigenvalue weighted by Gasteiger charge is -2.17. The molecule has 0 bridgehead atoms. The van der Waals surface area contributed by atoms with Gasteiger partial charge in [0.1, 0.15) is 0 Å². The minimum Gasteiger partial charge on any atom is -0.481 e. The number of carbonyl (C=O) groups is 2. The highest BCUT2D eigenvalue weighted by atomic mass is 16.4. The van der Waals surface area contributed by atoms with E-state index in [0.29, 0.717) is 12.5 Å². The van der Waals surface area contributed by atoms with E-state index in [4.69, 9.17) is 5.11 Å². The SMILES string of the molecule is CC(C)c1ccc2c(c1)C(=O)N(c1ccc(C(C)C(=O)O)cc1)C2. The molecule has 24 heavy (non-hydrogen) atoms. The second kappa shape index (κ2) is 6.11. The Hall–Kier alpha value is -2.62. The number of benzene rings is 2. The minimum absolute atomic E-state index is 0.00605. The number of aliphatic carboxylic acids is 1. The molecule has 1 heterocycles. The van der Waals surface area contributed by atoms with Gasteiger partial charge < -0.3 is 10.0 Å². The zero-order valence-corrected chi connectivity index (χ0v) is 14.1. The number of amides is 1. The summed E-state index contributed by atoms with van der Waals surface area (Å²) in [6.07, 6.45) is 0. The van der Waals surface area contributed by atoms with E-state index in [2.05, 4.69) is 19.9 Å². The summed E-state index contributed by atoms with van der Waals surface area (Å²) in [6.45, 7) is 6.44. The molecule has 0 saturated carbocycles. The molecule has 1 unspecified atom stereocenters. The van der Waals surface area contributed by atoms with Crippen LogP contribution in [0, 0.1) is 0 Å². The summed E-state index contributed by atoms with van der Waals surface area (Å²) < 4.78 is 0. The van der Waals surface area contributed by atoms with Crippen LogP contribution in [0.5, 0.6) is 0 Å². The van der Waals surface area contributed by atoms with E-state index in [1.807, 2.05) is 24.3 Å². The normalized spacial score (nSPS) is 14.8. The van der Waals surface area contributed by atoms with Crippen LogP contribution in [-0.2, 0) is 11.3 Å². The average molecular weight is 323 g/mol. The number of hydrogen-bond donors (Lipinski definition) is 1. The third-order valence-electron chi connectivity index (χ3n) is 4.68. The molecule has 1 atom stereocenters. The molecule has 2 aromatic rings. The maximum atomic E-state index is 12.7. The third kappa shape index (κ3) is 2.80. The molecule has 3 rings (SSSR count). The largest absolute Gasteiger partial charge is 0.481 e. The highest BCUT2D eigenvalue weighted by Gasteiger charge is 2.29. The number of nitrogens with zero attached hydrogens (tertiary/aromatic N) is 1. The van der Waals surface area contributed by atoms with E-state index in [0.717, 1.165) is 27.9 Å². The fraction of sp³-hybridized carbons (Fsp3) is 0.300. The van der Waals surface area contributed by atoms with Crippen molar-refractivity contribution in [2.75, 3.05) is 4.90 Å². The van der Waals surface area contributed by atoms with E-state index in [9.17, 15) is 9.59 Å². The third-order valence-corrected chi connectivity index (χ3v) is 4.68. The Morgan fingerprint density at radius 1 is 1.04 bits per heavy atom. The van der Waals surface area contributed by atoms with Gasteiger partial charge in [0, 0.05) is 11.3 Å². The number of carboxylic acids is 1. The summed E-state index contributed by atoms with van der Waals surface area (Å²) >= 11 is 0. The van der Waals surface area contributed by atoms with Crippen LogP contribution in [0.1, 0.15) is 59.7 Å². The molecule has 0 fully saturated rings. The first-order valence-electron chi connectivity index (χ1n) is 8.16. The van der Waals surface area contributed by atoms with Crippen LogP contribution in [0.15, 0.2) is 42.5 Å². The Labute approximate surface area is 141 Å². The maximum Gasteiger partial charge on any atom is 0.310 e. The Kier molecular flexibility index (Phi) is 4.14. The number of carboxylic acid groups (broad SMARTS) is 1. The fourth-order valence-corrected chi connectivity index (χ4v) is 2.97. The fourth-order valence-electron chi connectivity index (χ4n) is 2.97. The second-order valence-electron chi connectivity index (χ2n) is 6.61. The standard InChI is InChI=1S/C20H21NO3/c1-12(2)15-4-5-16-11-21(19(22)18(16)10-15)17-8-6-14(7-9-17)13(3)20(23)24/h4-10,12-13H,11H2,1-3H3,(H,23,24). The second-order valence-corrected chi connectivity index (χ2v) is 6.61. The first kappa shape index (κ1) is 16.2. The van der Waals surface area contributed by atoms with E-state index in [1.54, 1.807) is 24.0 Å². The summed E-state index contributed by atoms with van der Waals surface area (Å²) in [7, 11) is 0. The van der Waals surface area contributed by atoms with Crippen molar-refractivity contribution in [3.05, 3.63) is 64.7 Å². The molecule has 124 valence electrons. The van der Waals surface area contributed by atoms with Crippen LogP contribution in [0.4, 0.5) is 5.69 Å². The van der Waals surface area contributed by atoms with Gasteiger partial charge >= 0.3 is 5.97 Å². The van der Waals surface area contributed by atoms with Crippen LogP contribution in [0.2, 0.25) is 0 Å². The quantitative estimate of drug-likeness (QED) is 0.919. The minimum atomic E-state index is -0.853. The van der Waals surface area contributed by atoms with Gasteiger partial charge in [0.05, 0.1) is 12.5 Å². The molecular formula is C20H21NO3. The zero-order valence-electron chi connectivity index (χ0n) is 14.1. The lowest BCUT2D eigenvalue weighted by Crippen LogP contribution is -2.23. The summed E-state index contributed by atoms with van der Waals surface area (Å²) in [5.41, 5.74) is 4.49. The smallest absolute Gasteiger partial charge is 0.310 e. The predicted octanol–water partition coefficient (Wildman–Crippen LogP) is 4.16. The summed E-state index contributed by atoms with van der Waals surface area (Å²) in [6, 6.07) is 13.3. The number of fused-ring (bicyclic) bond motifs is 1. The molecule has 1 N–H and O–H groups in total. The van der Waals surface area contributed by atoms with E-state index < -0.39 is 11.9 Å². The van der Waals surface area contributed by atoms with Gasteiger partial charge in [-0.2, -0.15) is 0 Å². The van der Waals surface area contributed by atoms with Crippen molar-refractivity contribution in [3.63, 3.8) is 0 Å². The van der Waals surface area contributed by atoms with Crippen molar-refractivity contribution in [2.45, 2.75) is 39.2 Å². The Balaban J connectivity index is 1.87. The van der Waals surface area contributed by atoms with Gasteiger partial charge in [-0.25, -0.2) is 0 Å². The molecule has 2 aromatic carbocycles. The van der Waals surface area contributed by atoms with Gasteiger partial charge in [-0.05, 0) is 47.7 Å². The molecule has 1 amide bonds. The molecule has 0 aromatic heterocycles. The van der Waals surface area contributed by atoms with Gasteiger partial charge in [0.25, 0.3) is 5.91 Å². The number of hydrogen-bond acceptors (Lipinski definition) is 2. The van der Waals surface area contributed by atoms with Crippen LogP contribution in [-0.4, -0.2) is 17.0 Å². The van der Waals surface area contributed by atoms with Crippen LogP contribution >= 0.6 is 0 Å². The molecule has 4 heteroatoms. The van der Waals surface area contributed by atoms with Crippen molar-refractivity contribution in [1.82, 2.24) is 0 Å². The lowest BCUT2D eigenvalue weighted by molar-refractivity contribution is -0.138. The molecule has 1 aliphatic heterocycles. The topological polar surface area (TPSA) is 57.6 Å². The predicted molar refractivity (Wildman–Crippen MR) is 93.5 cm³/mol. The first-order valence-corrected chi connectivity index (χ1v) is 8.16. The molecule has 0 aliphatic carbocycles. The highest BCUT2D eigenvalue weighted by molar-refractivity contribution is 6.10. The van der Waals surface area contributed by atoms with Crippen molar-refractivity contribution < 1.29 is 14.7 Å². The monoisotopic (exact) mass is 323 g/mol. The van der Waals surface area contributed by atoms with Gasteiger partial charge in [-0.1, -0.05) is 38.1 Å². The molecule has 0 saturated heterocycles. The molecule has 4 nitrogen and oxygen atoms in total. The maximum absolute atomic E-state index is 12.7. The molecule has 1 aliphatic rings. The van der Waals surface area contributed by atoms with E-state index in [-0.39, 0.29) is 5.91 Å². The van der Waals surface area contributed by atoms with Crippen LogP contribution in [0.3, 0.4) is 0 Å². The van der Waals surface area contributed by atoms with Gasteiger partial charge in [0.15, 0.2) is 0 Å². The molecule has 0 radical (unpaired) electrons. The van der Waals surface area contributed by atoms with E-state index in [1.165, 1.54) is 0 Å². The highest BCUT2D eigenvalue weighted by Crippen LogP contribution is 2.31. The van der Waals surface area contributed by atoms with Crippen LogP contribution < -0.4 is 4.90 Å². The molecule has 0 spiro atoms. The Morgan fingerprint density at radius 2 is 1.67 bits per heavy atom. The summed E-state index contributed by atoms with van der Waals surface area (Å²) in [5, 5.41) is 9.08. The number of rotatable bonds is 4. The lowest BCUT2D eigenvalue weighted by atomic mass is 9.98. The van der Waals surface area contributed by atoms with Gasteiger partial charge in [0.2, 0.25) is 0 Å². The Bertz CT molecular complexity index is 793. The van der Waals surface area contributed by atoms with E-state index >= 15 is 0 Å². The van der Waals surface area contributed by atoms with Crippen LogP contribution in [0.25, 0.3) is 0 Å². The summed E-state index contributed by atoms with van der Waals surface area (Å²) in [4.78, 5) is 25.5. The number of carbonyl (C=O) groups excluding carboxylic acids is 1. The Morgan fingerprint density at radius 3 is 2.25 bits per heavy atom. The molecular weight excluding hydrogens is 302 g/mol. The van der Waals surface area contributed by atoms with Gasteiger partial charge in [-0.15, -0.1) is 0 Å². The summed E-state index contributed by atoms with van der Waals surface area (Å²) in [5.74, 6) is -1.02. The van der Waals surface area contributed by atoms with Crippen molar-refractivity contribution in [3.8, 4) is 0 Å².